The van der Waals surface area contributed by atoms with Crippen molar-refractivity contribution in [2.24, 2.45) is 0 Å². The lowest BCUT2D eigenvalue weighted by molar-refractivity contribution is -0.145. The Morgan fingerprint density at radius 1 is 1.13 bits per heavy atom. The number of likely N-dealkylation sites (tertiary alicyclic amines) is 1. The molecule has 1 heterocycles. The number of methoxy groups -OCH3 is 1. The van der Waals surface area contributed by atoms with Gasteiger partial charge in [-0.05, 0) is 66.8 Å². The number of carboxylic acid groups (broad SMARTS) is 1. The number of carbonyl (C=O) groups is 1. The number of benzene rings is 3. The Kier molecular flexibility index (Phi) is 8.63. The summed E-state index contributed by atoms with van der Waals surface area (Å²) in [6.07, 6.45) is -0.891. The van der Waals surface area contributed by atoms with Crippen molar-refractivity contribution in [3.8, 4) is 16.9 Å². The first-order valence-corrected chi connectivity index (χ1v) is 13.2. The highest BCUT2D eigenvalue weighted by atomic mass is 79.9. The molecule has 0 aliphatic carbocycles. The van der Waals surface area contributed by atoms with Crippen molar-refractivity contribution >= 4 is 32.5 Å². The van der Waals surface area contributed by atoms with Crippen molar-refractivity contribution in [1.29, 1.82) is 0 Å². The number of alkyl halides is 3. The molecule has 0 bridgehead atoms. The van der Waals surface area contributed by atoms with E-state index in [1.165, 1.54) is 13.2 Å². The maximum atomic E-state index is 14.3. The van der Waals surface area contributed by atoms with E-state index in [2.05, 4.69) is 15.9 Å². The molecule has 1 aliphatic heterocycles. The monoisotopic (exact) mass is 587 g/mol. The zero-order valence-electron chi connectivity index (χ0n) is 21.2. The topological polar surface area (TPSA) is 49.8 Å². The quantitative estimate of drug-likeness (QED) is 0.284. The molecule has 4 nitrogen and oxygen atoms in total. The van der Waals surface area contributed by atoms with E-state index in [9.17, 15) is 23.1 Å². The number of ether oxygens (including phenoxy) is 1. The fourth-order valence-electron chi connectivity index (χ4n) is 5.00. The third-order valence-corrected chi connectivity index (χ3v) is 7.65. The first-order valence-electron chi connectivity index (χ1n) is 12.4. The smallest absolute Gasteiger partial charge is 0.417 e. The Labute approximate surface area is 228 Å². The highest BCUT2D eigenvalue weighted by Gasteiger charge is 2.36. The third-order valence-electron chi connectivity index (χ3n) is 7.00. The van der Waals surface area contributed by atoms with Crippen molar-refractivity contribution in [1.82, 2.24) is 4.90 Å². The predicted molar refractivity (Wildman–Crippen MR) is 147 cm³/mol. The standard InChI is InChI=1S/C30H29BrF3NO3/c1-19-21(11-8-12-23(19)20-9-4-3-5-10-20)16-26(31)24-17-28(38-2)22(15-25(24)30(32,33)34)18-35-14-7-6-13-27(35)29(36)37/h3-5,8-12,15-17,27H,6-7,13-14,18H2,1-2H3,(H,36,37). The van der Waals surface area contributed by atoms with Gasteiger partial charge < -0.3 is 9.84 Å². The van der Waals surface area contributed by atoms with Crippen LogP contribution in [0.2, 0.25) is 0 Å². The number of hydrogen-bond acceptors (Lipinski definition) is 3. The minimum absolute atomic E-state index is 0.0453. The van der Waals surface area contributed by atoms with E-state index >= 15 is 0 Å². The van der Waals surface area contributed by atoms with Crippen LogP contribution in [0.3, 0.4) is 0 Å². The van der Waals surface area contributed by atoms with Gasteiger partial charge in [0.15, 0.2) is 0 Å². The number of rotatable bonds is 7. The van der Waals surface area contributed by atoms with E-state index in [1.54, 1.807) is 11.0 Å². The molecule has 0 amide bonds. The van der Waals surface area contributed by atoms with Gasteiger partial charge in [0, 0.05) is 22.2 Å². The molecule has 38 heavy (non-hydrogen) atoms. The van der Waals surface area contributed by atoms with Crippen LogP contribution in [0, 0.1) is 6.92 Å². The number of halogens is 4. The Morgan fingerprint density at radius 2 is 1.87 bits per heavy atom. The number of carboxylic acids is 1. The van der Waals surface area contributed by atoms with Crippen LogP contribution in [-0.4, -0.2) is 35.7 Å². The van der Waals surface area contributed by atoms with Gasteiger partial charge >= 0.3 is 12.1 Å². The molecule has 0 spiro atoms. The summed E-state index contributed by atoms with van der Waals surface area (Å²) in [4.78, 5) is 13.4. The normalized spacial score (nSPS) is 16.9. The molecule has 1 aliphatic rings. The summed E-state index contributed by atoms with van der Waals surface area (Å²) in [5.74, 6) is -0.682. The van der Waals surface area contributed by atoms with Crippen LogP contribution in [0.4, 0.5) is 13.2 Å². The average Bonchev–Trinajstić information content (AvgIpc) is 2.89. The number of aliphatic carboxylic acids is 1. The Hall–Kier alpha value is -3.10. The second-order valence-electron chi connectivity index (χ2n) is 9.41. The molecule has 1 N–H and O–H groups in total. The molecule has 8 heteroatoms. The van der Waals surface area contributed by atoms with E-state index in [0.29, 0.717) is 18.5 Å². The molecule has 3 aromatic carbocycles. The summed E-state index contributed by atoms with van der Waals surface area (Å²) < 4.78 is 48.7. The van der Waals surface area contributed by atoms with Crippen LogP contribution in [0.15, 0.2) is 60.7 Å². The predicted octanol–water partition coefficient (Wildman–Crippen LogP) is 8.02. The lowest BCUT2D eigenvalue weighted by atomic mass is 9.95. The lowest BCUT2D eigenvalue weighted by Gasteiger charge is -2.33. The third kappa shape index (κ3) is 6.13. The minimum Gasteiger partial charge on any atom is -0.496 e. The number of nitrogens with zero attached hydrogens (tertiary/aromatic N) is 1. The van der Waals surface area contributed by atoms with Gasteiger partial charge in [0.25, 0.3) is 0 Å². The maximum absolute atomic E-state index is 14.3. The van der Waals surface area contributed by atoms with E-state index in [4.69, 9.17) is 4.74 Å². The summed E-state index contributed by atoms with van der Waals surface area (Å²) in [7, 11) is 1.41. The molecule has 0 aromatic heterocycles. The highest BCUT2D eigenvalue weighted by molar-refractivity contribution is 9.15. The lowest BCUT2D eigenvalue weighted by Crippen LogP contribution is -2.44. The Morgan fingerprint density at radius 3 is 2.53 bits per heavy atom. The van der Waals surface area contributed by atoms with Crippen molar-refractivity contribution in [2.75, 3.05) is 13.7 Å². The summed E-state index contributed by atoms with van der Waals surface area (Å²) >= 11 is 3.41. The molecule has 0 radical (unpaired) electrons. The van der Waals surface area contributed by atoms with E-state index in [0.717, 1.165) is 41.2 Å². The zero-order valence-corrected chi connectivity index (χ0v) is 22.8. The van der Waals surface area contributed by atoms with Crippen LogP contribution >= 0.6 is 15.9 Å². The highest BCUT2D eigenvalue weighted by Crippen LogP contribution is 2.42. The van der Waals surface area contributed by atoms with Gasteiger partial charge in [-0.15, -0.1) is 0 Å². The van der Waals surface area contributed by atoms with E-state index in [1.807, 2.05) is 55.5 Å². The molecular formula is C30H29BrF3NO3. The first-order chi connectivity index (χ1) is 18.1. The van der Waals surface area contributed by atoms with Crippen molar-refractivity contribution in [3.63, 3.8) is 0 Å². The van der Waals surface area contributed by atoms with Crippen molar-refractivity contribution in [2.45, 2.75) is 44.9 Å². The van der Waals surface area contributed by atoms with Gasteiger partial charge in [-0.3, -0.25) is 9.69 Å². The molecule has 4 rings (SSSR count). The molecule has 3 aromatic rings. The van der Waals surface area contributed by atoms with E-state index < -0.39 is 23.8 Å². The van der Waals surface area contributed by atoms with Crippen molar-refractivity contribution in [3.05, 3.63) is 88.5 Å². The molecule has 1 saturated heterocycles. The van der Waals surface area contributed by atoms with Crippen LogP contribution in [0.25, 0.3) is 21.7 Å². The Balaban J connectivity index is 1.76. The maximum Gasteiger partial charge on any atom is 0.417 e. The van der Waals surface area contributed by atoms with Crippen LogP contribution in [-0.2, 0) is 17.5 Å². The minimum atomic E-state index is -4.63. The molecule has 1 unspecified atom stereocenters. The second kappa shape index (κ2) is 11.7. The zero-order chi connectivity index (χ0) is 27.4. The molecule has 0 saturated carbocycles. The van der Waals surface area contributed by atoms with Gasteiger partial charge in [0.2, 0.25) is 0 Å². The molecule has 1 atom stereocenters. The average molecular weight is 588 g/mol. The SMILES string of the molecule is COc1cc(C(Br)=Cc2cccc(-c3ccccc3)c2C)c(C(F)(F)F)cc1CN1CCCCC1C(=O)O. The summed E-state index contributed by atoms with van der Waals surface area (Å²) in [5, 5.41) is 9.60. The fraction of sp³-hybridized carbons (Fsp3) is 0.300. The second-order valence-corrected chi connectivity index (χ2v) is 10.3. The molecule has 200 valence electrons. The molecular weight excluding hydrogens is 559 g/mol. The first kappa shape index (κ1) is 27.9. The van der Waals surface area contributed by atoms with Gasteiger partial charge in [-0.1, -0.05) is 70.9 Å². The Bertz CT molecular complexity index is 1340. The van der Waals surface area contributed by atoms with Crippen molar-refractivity contribution < 1.29 is 27.8 Å². The molecule has 1 fully saturated rings. The summed E-state index contributed by atoms with van der Waals surface area (Å²) in [6, 6.07) is 17.3. The van der Waals surface area contributed by atoms with Crippen LogP contribution < -0.4 is 4.74 Å². The fourth-order valence-corrected chi connectivity index (χ4v) is 5.58. The van der Waals surface area contributed by atoms with Crippen LogP contribution in [0.5, 0.6) is 5.75 Å². The number of hydrogen-bond donors (Lipinski definition) is 1. The van der Waals surface area contributed by atoms with Gasteiger partial charge in [0.1, 0.15) is 11.8 Å². The van der Waals surface area contributed by atoms with Gasteiger partial charge in [0.05, 0.1) is 12.7 Å². The van der Waals surface area contributed by atoms with Crippen LogP contribution in [0.1, 0.15) is 47.1 Å². The largest absolute Gasteiger partial charge is 0.496 e. The van der Waals surface area contributed by atoms with Gasteiger partial charge in [-0.2, -0.15) is 13.2 Å². The summed E-state index contributed by atoms with van der Waals surface area (Å²) in [5.41, 5.74) is 3.20. The van der Waals surface area contributed by atoms with Gasteiger partial charge in [-0.25, -0.2) is 0 Å². The summed E-state index contributed by atoms with van der Waals surface area (Å²) in [6.45, 7) is 2.51. The van der Waals surface area contributed by atoms with E-state index in [-0.39, 0.29) is 22.3 Å². The number of piperidine rings is 1.